The zero-order valence-corrected chi connectivity index (χ0v) is 24.8. The lowest BCUT2D eigenvalue weighted by Gasteiger charge is -2.18. The Bertz CT molecular complexity index is 1370. The van der Waals surface area contributed by atoms with Crippen molar-refractivity contribution in [3.63, 3.8) is 0 Å². The summed E-state index contributed by atoms with van der Waals surface area (Å²) in [6, 6.07) is 21.7. The van der Waals surface area contributed by atoms with Crippen molar-refractivity contribution >= 4 is 73.7 Å². The number of nitrogens with one attached hydrogen (secondary N) is 2. The van der Waals surface area contributed by atoms with Crippen LogP contribution < -0.4 is 10.6 Å². The van der Waals surface area contributed by atoms with Gasteiger partial charge in [-0.3, -0.25) is 4.79 Å². The number of carbonyl (C=O) groups is 2. The van der Waals surface area contributed by atoms with Gasteiger partial charge in [-0.1, -0.05) is 60.7 Å². The van der Waals surface area contributed by atoms with Gasteiger partial charge in [-0.2, -0.15) is 0 Å². The molecule has 0 spiro atoms. The maximum Gasteiger partial charge on any atom is 0.408 e. The third kappa shape index (κ3) is 7.42. The summed E-state index contributed by atoms with van der Waals surface area (Å²) in [6.45, 7) is 2.04. The standard InChI is InChI=1S/C27H23I2N3O4S/c1-16-23(19-10-6-3-7-11-19)31-26(37-16)32-25(34)22(14-18-12-20(28)24(33)21(29)13-18)30-27(35)36-15-17-8-4-2-5-9-17/h2-13,22,33H,14-15H2,1H3,(H,30,35)(H,31,32,34)/t22-/m0/s1. The highest BCUT2D eigenvalue weighted by Gasteiger charge is 2.24. The Morgan fingerprint density at radius 1 is 1.00 bits per heavy atom. The average Bonchev–Trinajstić information content (AvgIpc) is 3.26. The van der Waals surface area contributed by atoms with E-state index in [4.69, 9.17) is 4.74 Å². The highest BCUT2D eigenvalue weighted by molar-refractivity contribution is 14.1. The highest BCUT2D eigenvalue weighted by atomic mass is 127. The highest BCUT2D eigenvalue weighted by Crippen LogP contribution is 2.31. The third-order valence-corrected chi connectivity index (χ3v) is 7.94. The van der Waals surface area contributed by atoms with Crippen LogP contribution in [0.1, 0.15) is 16.0 Å². The molecule has 0 aliphatic carbocycles. The monoisotopic (exact) mass is 739 g/mol. The van der Waals surface area contributed by atoms with Gasteiger partial charge in [0.05, 0.1) is 12.8 Å². The number of ether oxygens (including phenoxy) is 1. The van der Waals surface area contributed by atoms with Crippen LogP contribution in [-0.4, -0.2) is 28.1 Å². The molecule has 37 heavy (non-hydrogen) atoms. The number of amides is 2. The van der Waals surface area contributed by atoms with Gasteiger partial charge >= 0.3 is 6.09 Å². The summed E-state index contributed by atoms with van der Waals surface area (Å²) in [6.07, 6.45) is -0.499. The van der Waals surface area contributed by atoms with Gasteiger partial charge < -0.3 is 20.5 Å². The van der Waals surface area contributed by atoms with Crippen LogP contribution in [0.25, 0.3) is 11.3 Å². The summed E-state index contributed by atoms with van der Waals surface area (Å²) < 4.78 is 6.68. The zero-order valence-electron chi connectivity index (χ0n) is 19.7. The molecule has 0 radical (unpaired) electrons. The van der Waals surface area contributed by atoms with Crippen LogP contribution in [0.15, 0.2) is 72.8 Å². The van der Waals surface area contributed by atoms with E-state index in [0.717, 1.165) is 27.3 Å². The number of aryl methyl sites for hydroxylation is 1. The summed E-state index contributed by atoms with van der Waals surface area (Å²) in [5.74, 6) is -0.226. The second kappa shape index (κ2) is 12.7. The molecular formula is C27H23I2N3O4S. The maximum absolute atomic E-state index is 13.4. The number of aromatic nitrogens is 1. The molecular weight excluding hydrogens is 716 g/mol. The molecule has 4 aromatic rings. The van der Waals surface area contributed by atoms with Crippen LogP contribution in [0.2, 0.25) is 0 Å². The molecule has 0 saturated carbocycles. The molecule has 1 atom stereocenters. The van der Waals surface area contributed by atoms with Crippen molar-refractivity contribution in [2.75, 3.05) is 5.32 Å². The Morgan fingerprint density at radius 3 is 2.27 bits per heavy atom. The topological polar surface area (TPSA) is 101 Å². The molecule has 1 aromatic heterocycles. The van der Waals surface area contributed by atoms with E-state index in [9.17, 15) is 14.7 Å². The molecule has 0 saturated heterocycles. The van der Waals surface area contributed by atoms with Gasteiger partial charge in [0, 0.05) is 16.9 Å². The van der Waals surface area contributed by atoms with Gasteiger partial charge in [-0.15, -0.1) is 11.3 Å². The van der Waals surface area contributed by atoms with Crippen molar-refractivity contribution in [2.24, 2.45) is 0 Å². The fourth-order valence-electron chi connectivity index (χ4n) is 3.59. The summed E-state index contributed by atoms with van der Waals surface area (Å²) in [5, 5.41) is 16.1. The molecule has 3 N–H and O–H groups in total. The number of rotatable bonds is 8. The SMILES string of the molecule is Cc1sc(NC(=O)[C@H](Cc2cc(I)c(O)c(I)c2)NC(=O)OCc2ccccc2)nc1-c1ccccc1. The van der Waals surface area contributed by atoms with Crippen LogP contribution in [0.5, 0.6) is 5.75 Å². The molecule has 0 unspecified atom stereocenters. The van der Waals surface area contributed by atoms with Crippen LogP contribution in [0, 0.1) is 14.1 Å². The lowest BCUT2D eigenvalue weighted by atomic mass is 10.1. The number of benzene rings is 3. The van der Waals surface area contributed by atoms with Gasteiger partial charge in [0.15, 0.2) is 5.13 Å². The zero-order chi connectivity index (χ0) is 26.4. The second-order valence-electron chi connectivity index (χ2n) is 8.15. The van der Waals surface area contributed by atoms with E-state index in [-0.39, 0.29) is 18.8 Å². The van der Waals surface area contributed by atoms with E-state index < -0.39 is 18.0 Å². The number of halogens is 2. The van der Waals surface area contributed by atoms with E-state index in [1.165, 1.54) is 11.3 Å². The van der Waals surface area contributed by atoms with Crippen molar-refractivity contribution in [3.8, 4) is 17.0 Å². The summed E-state index contributed by atoms with van der Waals surface area (Å²) in [5.41, 5.74) is 3.39. The minimum Gasteiger partial charge on any atom is -0.506 e. The first-order chi connectivity index (χ1) is 17.8. The number of phenolic OH excluding ortho intramolecular Hbond substituents is 1. The summed E-state index contributed by atoms with van der Waals surface area (Å²) >= 11 is 5.45. The molecule has 3 aromatic carbocycles. The number of thiazole rings is 1. The largest absolute Gasteiger partial charge is 0.506 e. The normalized spacial score (nSPS) is 11.5. The van der Waals surface area contributed by atoms with E-state index >= 15 is 0 Å². The first-order valence-electron chi connectivity index (χ1n) is 11.3. The van der Waals surface area contributed by atoms with Gasteiger partial charge in [-0.05, 0) is 75.4 Å². The van der Waals surface area contributed by atoms with Crippen molar-refractivity contribution in [3.05, 3.63) is 95.9 Å². The number of phenols is 1. The molecule has 0 aliphatic rings. The van der Waals surface area contributed by atoms with Crippen LogP contribution in [-0.2, 0) is 22.6 Å². The molecule has 10 heteroatoms. The minimum atomic E-state index is -0.927. The predicted molar refractivity (Wildman–Crippen MR) is 162 cm³/mol. The number of hydrogen-bond acceptors (Lipinski definition) is 6. The Morgan fingerprint density at radius 2 is 1.62 bits per heavy atom. The number of hydrogen-bond donors (Lipinski definition) is 3. The molecule has 190 valence electrons. The first kappa shape index (κ1) is 27.3. The van der Waals surface area contributed by atoms with Crippen molar-refractivity contribution in [1.82, 2.24) is 10.3 Å². The smallest absolute Gasteiger partial charge is 0.408 e. The Labute approximate surface area is 246 Å². The quantitative estimate of drug-likeness (QED) is 0.179. The van der Waals surface area contributed by atoms with Gasteiger partial charge in [0.2, 0.25) is 5.91 Å². The van der Waals surface area contributed by atoms with Gasteiger partial charge in [0.1, 0.15) is 18.4 Å². The number of nitrogens with zero attached hydrogens (tertiary/aromatic N) is 1. The van der Waals surface area contributed by atoms with Crippen LogP contribution in [0.4, 0.5) is 9.93 Å². The molecule has 0 bridgehead atoms. The third-order valence-electron chi connectivity index (χ3n) is 5.41. The van der Waals surface area contributed by atoms with Crippen LogP contribution in [0.3, 0.4) is 0 Å². The minimum absolute atomic E-state index is 0.0854. The summed E-state index contributed by atoms with van der Waals surface area (Å²) in [4.78, 5) is 31.6. The molecule has 7 nitrogen and oxygen atoms in total. The molecule has 0 aliphatic heterocycles. The number of alkyl carbamates (subject to hydrolysis) is 1. The average molecular weight is 739 g/mol. The lowest BCUT2D eigenvalue weighted by molar-refractivity contribution is -0.118. The fraction of sp³-hybridized carbons (Fsp3) is 0.148. The Hall–Kier alpha value is -2.71. The van der Waals surface area contributed by atoms with Crippen molar-refractivity contribution < 1.29 is 19.4 Å². The maximum atomic E-state index is 13.4. The van der Waals surface area contributed by atoms with Crippen LogP contribution >= 0.6 is 56.5 Å². The van der Waals surface area contributed by atoms with E-state index in [0.29, 0.717) is 12.3 Å². The fourth-order valence-corrected chi connectivity index (χ4v) is 6.33. The summed E-state index contributed by atoms with van der Waals surface area (Å²) in [7, 11) is 0. The lowest BCUT2D eigenvalue weighted by Crippen LogP contribution is -2.45. The molecule has 1 heterocycles. The van der Waals surface area contributed by atoms with E-state index in [1.807, 2.05) is 113 Å². The molecule has 0 fully saturated rings. The predicted octanol–water partition coefficient (Wildman–Crippen LogP) is 6.51. The van der Waals surface area contributed by atoms with Gasteiger partial charge in [-0.25, -0.2) is 9.78 Å². The van der Waals surface area contributed by atoms with E-state index in [1.54, 1.807) is 12.1 Å². The Kier molecular flexibility index (Phi) is 9.38. The van der Waals surface area contributed by atoms with Crippen molar-refractivity contribution in [2.45, 2.75) is 26.0 Å². The number of carbonyl (C=O) groups excluding carboxylic acids is 2. The van der Waals surface area contributed by atoms with E-state index in [2.05, 4.69) is 15.6 Å². The number of aromatic hydroxyl groups is 1. The number of anilines is 1. The second-order valence-corrected chi connectivity index (χ2v) is 11.7. The van der Waals surface area contributed by atoms with Gasteiger partial charge in [0.25, 0.3) is 0 Å². The molecule has 2 amide bonds. The van der Waals surface area contributed by atoms with Crippen molar-refractivity contribution in [1.29, 1.82) is 0 Å². The molecule has 4 rings (SSSR count). The first-order valence-corrected chi connectivity index (χ1v) is 14.3. The Balaban J connectivity index is 1.51.